The van der Waals surface area contributed by atoms with Crippen molar-refractivity contribution in [1.82, 2.24) is 4.90 Å². The summed E-state index contributed by atoms with van der Waals surface area (Å²) in [6, 6.07) is 0. The third-order valence-electron chi connectivity index (χ3n) is 5.41. The van der Waals surface area contributed by atoms with Crippen molar-refractivity contribution in [3.8, 4) is 12.3 Å². The molecular weight excluding hydrogens is 425 g/mol. The van der Waals surface area contributed by atoms with Gasteiger partial charge in [0, 0.05) is 0 Å². The summed E-state index contributed by atoms with van der Waals surface area (Å²) in [5.41, 5.74) is 0. The van der Waals surface area contributed by atoms with Gasteiger partial charge in [-0.1, -0.05) is 0 Å². The van der Waals surface area contributed by atoms with Crippen LogP contribution in [0.5, 0.6) is 0 Å². The van der Waals surface area contributed by atoms with Crippen LogP contribution in [0.2, 0.25) is 17.7 Å². The second-order valence-electron chi connectivity index (χ2n) is 7.72. The summed E-state index contributed by atoms with van der Waals surface area (Å²) in [6.45, 7) is 8.53. The van der Waals surface area contributed by atoms with Gasteiger partial charge in [0.2, 0.25) is 0 Å². The maximum atomic E-state index is 11.0. The number of hydrogen-bond donors (Lipinski definition) is 0. The van der Waals surface area contributed by atoms with Crippen LogP contribution in [0.3, 0.4) is 0 Å². The number of unbranched alkanes of at least 4 members (excludes halogenated alkanes) is 4. The van der Waals surface area contributed by atoms with E-state index in [1.54, 1.807) is 18.2 Å². The Morgan fingerprint density at radius 3 is 1.92 bits per heavy atom. The molecule has 0 fully saturated rings. The molecule has 0 bridgehead atoms. The number of amides is 1. The average molecular weight is 468 g/mol. The summed E-state index contributed by atoms with van der Waals surface area (Å²) in [7, 11) is 0. The van der Waals surface area contributed by atoms with Gasteiger partial charge in [0.15, 0.2) is 0 Å². The number of carbonyl (C=O) groups excluding carboxylic acids is 1. The number of terminal acetylenes is 1. The van der Waals surface area contributed by atoms with Gasteiger partial charge in [-0.3, -0.25) is 0 Å². The van der Waals surface area contributed by atoms with E-state index in [0.29, 0.717) is 13.0 Å². The molecule has 0 unspecified atom stereocenters. The van der Waals surface area contributed by atoms with Gasteiger partial charge >= 0.3 is 168 Å². The van der Waals surface area contributed by atoms with Gasteiger partial charge in [0.1, 0.15) is 0 Å². The molecule has 0 aromatic rings. The van der Waals surface area contributed by atoms with E-state index in [9.17, 15) is 4.79 Å². The molecule has 0 aliphatic heterocycles. The van der Waals surface area contributed by atoms with Crippen molar-refractivity contribution in [2.75, 3.05) is 13.1 Å². The Labute approximate surface area is 168 Å². The predicted molar refractivity (Wildman–Crippen MR) is 119 cm³/mol. The zero-order valence-electron chi connectivity index (χ0n) is 17.8. The van der Waals surface area contributed by atoms with E-state index < -0.39 is 18.4 Å². The van der Waals surface area contributed by atoms with E-state index >= 15 is 0 Å². The van der Waals surface area contributed by atoms with Crippen LogP contribution in [0.1, 0.15) is 78.6 Å². The summed E-state index contributed by atoms with van der Waals surface area (Å²) in [5, 5.41) is 0. The Balaban J connectivity index is 4.47. The maximum absolute atomic E-state index is 11.0. The molecule has 0 spiro atoms. The molecule has 0 heterocycles. The van der Waals surface area contributed by atoms with Crippen LogP contribution in [0.25, 0.3) is 0 Å². The molecule has 0 aliphatic carbocycles. The number of carbonyl (C=O) groups is 1. The Morgan fingerprint density at radius 2 is 1.46 bits per heavy atom. The predicted octanol–water partition coefficient (Wildman–Crippen LogP) is 6.65. The minimum absolute atomic E-state index is 0.651. The van der Waals surface area contributed by atoms with Gasteiger partial charge in [-0.25, -0.2) is 0 Å². The zero-order valence-corrected chi connectivity index (χ0v) is 20.6. The molecule has 0 atom stereocenters. The van der Waals surface area contributed by atoms with Crippen LogP contribution in [0, 0.1) is 12.3 Å². The van der Waals surface area contributed by atoms with Gasteiger partial charge < -0.3 is 0 Å². The number of hydrogen-bond acceptors (Lipinski definition) is 1. The van der Waals surface area contributed by atoms with Crippen LogP contribution >= 0.6 is 0 Å². The Bertz CT molecular complexity index is 378. The van der Waals surface area contributed by atoms with Crippen LogP contribution < -0.4 is 0 Å². The first-order valence-corrected chi connectivity index (χ1v) is 19.0. The van der Waals surface area contributed by atoms with Crippen molar-refractivity contribution < 1.29 is 4.79 Å². The third-order valence-corrected chi connectivity index (χ3v) is 20.7. The molecule has 0 N–H and O–H groups in total. The van der Waals surface area contributed by atoms with Gasteiger partial charge in [-0.15, -0.1) is 0 Å². The summed E-state index contributed by atoms with van der Waals surface area (Å²) in [4.78, 5) is 12.8. The fourth-order valence-electron chi connectivity index (χ4n) is 3.63. The van der Waals surface area contributed by atoms with Crippen molar-refractivity contribution in [2.45, 2.75) is 96.3 Å². The van der Waals surface area contributed by atoms with E-state index in [4.69, 9.17) is 6.42 Å². The standard InChI is InChI=1S/C11H16NO.3C4H9.Sn/c1-3-5-7-8-10-12(11-13)9-6-4-2;3*1-3-4-2;/h2-3,5,11H,1,6-10H2;3*1,3-4H2,2H3;/b5-3+;;;;. The summed E-state index contributed by atoms with van der Waals surface area (Å²) in [6.07, 6.45) is 22.3. The second-order valence-corrected chi connectivity index (χ2v) is 21.7. The van der Waals surface area contributed by atoms with Crippen LogP contribution in [-0.2, 0) is 4.79 Å². The van der Waals surface area contributed by atoms with E-state index in [2.05, 4.69) is 38.8 Å². The van der Waals surface area contributed by atoms with Crippen molar-refractivity contribution in [3.05, 3.63) is 12.2 Å². The van der Waals surface area contributed by atoms with Gasteiger partial charge in [0.25, 0.3) is 0 Å². The van der Waals surface area contributed by atoms with Gasteiger partial charge in [-0.05, 0) is 0 Å². The Kier molecular flexibility index (Phi) is 17.7. The average Bonchev–Trinajstić information content (AvgIpc) is 2.67. The van der Waals surface area contributed by atoms with Crippen LogP contribution in [-0.4, -0.2) is 42.8 Å². The molecule has 2 nitrogen and oxygen atoms in total. The molecule has 0 saturated carbocycles. The SMILES string of the molecule is C#CCCN(C=O)CCC/C=C/[CH2][Sn]([CH2]CCC)([CH2]CCC)[CH2]CCC. The molecule has 0 radical (unpaired) electrons. The van der Waals surface area contributed by atoms with E-state index in [0.717, 1.165) is 25.8 Å². The number of allylic oxidation sites excluding steroid dienone is 2. The van der Waals surface area contributed by atoms with Crippen molar-refractivity contribution in [3.63, 3.8) is 0 Å². The van der Waals surface area contributed by atoms with Gasteiger partial charge in [-0.2, -0.15) is 0 Å². The molecule has 0 saturated heterocycles. The van der Waals surface area contributed by atoms with Crippen molar-refractivity contribution in [2.24, 2.45) is 0 Å². The van der Waals surface area contributed by atoms with E-state index in [1.807, 2.05) is 0 Å². The van der Waals surface area contributed by atoms with Crippen LogP contribution in [0.15, 0.2) is 12.2 Å². The molecule has 3 heteroatoms. The van der Waals surface area contributed by atoms with Crippen molar-refractivity contribution in [1.29, 1.82) is 0 Å². The molecule has 1 amide bonds. The molecule has 0 rings (SSSR count). The Hall–Kier alpha value is -0.431. The Morgan fingerprint density at radius 1 is 0.885 bits per heavy atom. The number of rotatable bonds is 18. The zero-order chi connectivity index (χ0) is 19.5. The first-order chi connectivity index (χ1) is 12.7. The fraction of sp³-hybridized carbons (Fsp3) is 0.783. The monoisotopic (exact) mass is 469 g/mol. The van der Waals surface area contributed by atoms with Crippen molar-refractivity contribution >= 4 is 24.8 Å². The normalized spacial score (nSPS) is 11.6. The molecule has 150 valence electrons. The van der Waals surface area contributed by atoms with E-state index in [-0.39, 0.29) is 0 Å². The van der Waals surface area contributed by atoms with Crippen LogP contribution in [0.4, 0.5) is 0 Å². The van der Waals surface area contributed by atoms with E-state index in [1.165, 1.54) is 43.0 Å². The summed E-state index contributed by atoms with van der Waals surface area (Å²) >= 11 is -1.99. The third kappa shape index (κ3) is 12.8. The van der Waals surface area contributed by atoms with Gasteiger partial charge in [0.05, 0.1) is 0 Å². The minimum atomic E-state index is -1.99. The summed E-state index contributed by atoms with van der Waals surface area (Å²) in [5.74, 6) is 2.60. The first kappa shape index (κ1) is 25.6. The molecule has 0 aromatic heterocycles. The fourth-order valence-corrected chi connectivity index (χ4v) is 18.9. The second kappa shape index (κ2) is 18.0. The topological polar surface area (TPSA) is 20.3 Å². The number of nitrogens with zero attached hydrogens (tertiary/aromatic N) is 1. The molecule has 0 aromatic carbocycles. The molecular formula is C23H43NOSn. The molecule has 0 aliphatic rings. The quantitative estimate of drug-likeness (QED) is 0.0725. The first-order valence-electron chi connectivity index (χ1n) is 11.0. The summed E-state index contributed by atoms with van der Waals surface area (Å²) < 4.78 is 6.19. The molecule has 26 heavy (non-hydrogen) atoms.